The quantitative estimate of drug-likeness (QED) is 0.632. The third-order valence-electron chi connectivity index (χ3n) is 2.26. The highest BCUT2D eigenvalue weighted by molar-refractivity contribution is 5.93. The first-order valence-electron chi connectivity index (χ1n) is 4.12. The number of halogens is 1. The number of rotatable bonds is 1. The second-order valence-corrected chi connectivity index (χ2v) is 3.09. The molecule has 0 bridgehead atoms. The molecule has 0 aromatic heterocycles. The van der Waals surface area contributed by atoms with Crippen molar-refractivity contribution >= 4 is 11.7 Å². The van der Waals surface area contributed by atoms with Gasteiger partial charge in [0.05, 0.1) is 0 Å². The van der Waals surface area contributed by atoms with Gasteiger partial charge in [0.15, 0.2) is 0 Å². The van der Waals surface area contributed by atoms with Gasteiger partial charge in [0.2, 0.25) is 0 Å². The molecule has 4 nitrogen and oxygen atoms in total. The number of carbonyl (C=O) groups is 1. The molecule has 0 unspecified atom stereocenters. The van der Waals surface area contributed by atoms with E-state index in [-0.39, 0.29) is 0 Å². The third-order valence-corrected chi connectivity index (χ3v) is 2.26. The van der Waals surface area contributed by atoms with Gasteiger partial charge in [-0.25, -0.2) is 9.18 Å². The number of aromatic carboxylic acids is 1. The fraction of sp³-hybridized carbons (Fsp3) is 0.222. The molecule has 0 spiro atoms. The minimum Gasteiger partial charge on any atom is -0.507 e. The Kier molecular flexibility index (Phi) is 1.80. The largest absolute Gasteiger partial charge is 0.507 e. The van der Waals surface area contributed by atoms with E-state index in [1.54, 1.807) is 0 Å². The average molecular weight is 197 g/mol. The molecule has 3 N–H and O–H groups in total. The van der Waals surface area contributed by atoms with Crippen LogP contribution in [0.3, 0.4) is 0 Å². The highest BCUT2D eigenvalue weighted by Gasteiger charge is 2.24. The first kappa shape index (κ1) is 8.80. The van der Waals surface area contributed by atoms with Crippen LogP contribution in [-0.4, -0.2) is 22.7 Å². The number of carboxylic acids is 1. The lowest BCUT2D eigenvalue weighted by atomic mass is 10.1. The second kappa shape index (κ2) is 2.87. The van der Waals surface area contributed by atoms with E-state index >= 15 is 0 Å². The lowest BCUT2D eigenvalue weighted by Gasteiger charge is -2.06. The Labute approximate surface area is 79.0 Å². The van der Waals surface area contributed by atoms with Gasteiger partial charge in [-0.05, 0) is 12.5 Å². The van der Waals surface area contributed by atoms with Crippen molar-refractivity contribution in [1.82, 2.24) is 0 Å². The molecule has 74 valence electrons. The molecule has 14 heavy (non-hydrogen) atoms. The van der Waals surface area contributed by atoms with E-state index in [9.17, 15) is 14.3 Å². The fourth-order valence-corrected chi connectivity index (χ4v) is 1.61. The number of hydrogen-bond acceptors (Lipinski definition) is 3. The van der Waals surface area contributed by atoms with Gasteiger partial charge >= 0.3 is 5.97 Å². The molecule has 2 rings (SSSR count). The molecular formula is C9H8FNO3. The molecule has 0 saturated heterocycles. The van der Waals surface area contributed by atoms with Gasteiger partial charge in [0.1, 0.15) is 17.1 Å². The molecule has 0 fully saturated rings. The van der Waals surface area contributed by atoms with E-state index in [1.165, 1.54) is 0 Å². The molecule has 1 aromatic carbocycles. The van der Waals surface area contributed by atoms with Crippen LogP contribution in [0.15, 0.2) is 6.07 Å². The van der Waals surface area contributed by atoms with Gasteiger partial charge in [0.25, 0.3) is 0 Å². The Morgan fingerprint density at radius 1 is 1.57 bits per heavy atom. The lowest BCUT2D eigenvalue weighted by Crippen LogP contribution is -2.02. The summed E-state index contributed by atoms with van der Waals surface area (Å²) in [6.45, 7) is 0.589. The predicted octanol–water partition coefficient (Wildman–Crippen LogP) is 1.20. The van der Waals surface area contributed by atoms with Crippen LogP contribution in [0.4, 0.5) is 10.1 Å². The summed E-state index contributed by atoms with van der Waals surface area (Å²) >= 11 is 0. The van der Waals surface area contributed by atoms with Crippen molar-refractivity contribution in [3.8, 4) is 5.75 Å². The van der Waals surface area contributed by atoms with E-state index in [1.807, 2.05) is 0 Å². The number of fused-ring (bicyclic) bond motifs is 1. The summed E-state index contributed by atoms with van der Waals surface area (Å²) in [5.74, 6) is -2.82. The minimum absolute atomic E-state index is 0.461. The zero-order chi connectivity index (χ0) is 10.3. The molecule has 0 radical (unpaired) electrons. The second-order valence-electron chi connectivity index (χ2n) is 3.09. The van der Waals surface area contributed by atoms with Crippen LogP contribution in [0.2, 0.25) is 0 Å². The van der Waals surface area contributed by atoms with Crippen LogP contribution in [0, 0.1) is 5.82 Å². The summed E-state index contributed by atoms with van der Waals surface area (Å²) in [7, 11) is 0. The SMILES string of the molecule is O=C(O)c1c(F)cc2c(c1O)CCN2. The number of benzene rings is 1. The first-order chi connectivity index (χ1) is 6.61. The summed E-state index contributed by atoms with van der Waals surface area (Å²) < 4.78 is 13.2. The van der Waals surface area contributed by atoms with Crippen LogP contribution < -0.4 is 5.32 Å². The van der Waals surface area contributed by atoms with Crippen LogP contribution in [-0.2, 0) is 6.42 Å². The van der Waals surface area contributed by atoms with Crippen LogP contribution >= 0.6 is 0 Å². The Balaban J connectivity index is 2.68. The minimum atomic E-state index is -1.45. The zero-order valence-corrected chi connectivity index (χ0v) is 7.17. The Morgan fingerprint density at radius 2 is 2.29 bits per heavy atom. The Bertz CT molecular complexity index is 417. The van der Waals surface area contributed by atoms with Gasteiger partial charge in [-0.3, -0.25) is 0 Å². The van der Waals surface area contributed by atoms with Crippen molar-refractivity contribution in [2.75, 3.05) is 11.9 Å². The van der Waals surface area contributed by atoms with E-state index in [2.05, 4.69) is 5.32 Å². The maximum Gasteiger partial charge on any atom is 0.342 e. The van der Waals surface area contributed by atoms with Gasteiger partial charge in [0, 0.05) is 17.8 Å². The molecule has 0 atom stereocenters. The van der Waals surface area contributed by atoms with E-state index in [0.717, 1.165) is 6.07 Å². The maximum atomic E-state index is 13.2. The van der Waals surface area contributed by atoms with Crippen molar-refractivity contribution in [2.45, 2.75) is 6.42 Å². The van der Waals surface area contributed by atoms with Crippen molar-refractivity contribution in [3.05, 3.63) is 23.0 Å². The van der Waals surface area contributed by atoms with E-state index < -0.39 is 23.1 Å². The molecule has 0 aliphatic carbocycles. The molecule has 1 heterocycles. The molecule has 1 aliphatic heterocycles. The standard InChI is InChI=1S/C9H8FNO3/c10-5-3-6-4(1-2-11-6)8(12)7(5)9(13)14/h3,11-12H,1-2H2,(H,13,14). The van der Waals surface area contributed by atoms with Crippen molar-refractivity contribution in [3.63, 3.8) is 0 Å². The van der Waals surface area contributed by atoms with Crippen LogP contribution in [0.1, 0.15) is 15.9 Å². The number of hydrogen-bond donors (Lipinski definition) is 3. The van der Waals surface area contributed by atoms with Gasteiger partial charge < -0.3 is 15.5 Å². The maximum absolute atomic E-state index is 13.2. The summed E-state index contributed by atoms with van der Waals surface area (Å²) in [6, 6.07) is 1.10. The Hall–Kier alpha value is -1.78. The summed E-state index contributed by atoms with van der Waals surface area (Å²) in [5, 5.41) is 21.0. The summed E-state index contributed by atoms with van der Waals surface area (Å²) in [5.41, 5.74) is 0.307. The van der Waals surface area contributed by atoms with Crippen molar-refractivity contribution in [2.24, 2.45) is 0 Å². The number of carboxylic acid groups (broad SMARTS) is 1. The number of anilines is 1. The molecule has 5 heteroatoms. The molecule has 1 aromatic rings. The van der Waals surface area contributed by atoms with E-state index in [4.69, 9.17) is 5.11 Å². The summed E-state index contributed by atoms with van der Waals surface area (Å²) in [4.78, 5) is 10.6. The monoisotopic (exact) mass is 197 g/mol. The zero-order valence-electron chi connectivity index (χ0n) is 7.17. The lowest BCUT2D eigenvalue weighted by molar-refractivity contribution is 0.0688. The molecular weight excluding hydrogens is 189 g/mol. The highest BCUT2D eigenvalue weighted by atomic mass is 19.1. The van der Waals surface area contributed by atoms with Crippen LogP contribution in [0.5, 0.6) is 5.75 Å². The predicted molar refractivity (Wildman–Crippen MR) is 47.2 cm³/mol. The Morgan fingerprint density at radius 3 is 2.93 bits per heavy atom. The first-order valence-corrected chi connectivity index (χ1v) is 4.12. The molecule has 1 aliphatic rings. The summed E-state index contributed by atoms with van der Waals surface area (Å²) in [6.07, 6.45) is 0.516. The van der Waals surface area contributed by atoms with Gasteiger partial charge in [-0.2, -0.15) is 0 Å². The number of nitrogens with one attached hydrogen (secondary N) is 1. The number of phenols is 1. The molecule has 0 amide bonds. The average Bonchev–Trinajstić information content (AvgIpc) is 2.50. The van der Waals surface area contributed by atoms with Crippen molar-refractivity contribution in [1.29, 1.82) is 0 Å². The third kappa shape index (κ3) is 1.09. The smallest absolute Gasteiger partial charge is 0.342 e. The molecule has 0 saturated carbocycles. The van der Waals surface area contributed by atoms with Gasteiger partial charge in [-0.1, -0.05) is 0 Å². The van der Waals surface area contributed by atoms with Gasteiger partial charge in [-0.15, -0.1) is 0 Å². The topological polar surface area (TPSA) is 69.6 Å². The van der Waals surface area contributed by atoms with Crippen LogP contribution in [0.25, 0.3) is 0 Å². The number of aromatic hydroxyl groups is 1. The van der Waals surface area contributed by atoms with Crippen molar-refractivity contribution < 1.29 is 19.4 Å². The highest BCUT2D eigenvalue weighted by Crippen LogP contribution is 2.35. The normalized spacial score (nSPS) is 13.5. The fourth-order valence-electron chi connectivity index (χ4n) is 1.61. The van der Waals surface area contributed by atoms with E-state index in [0.29, 0.717) is 24.2 Å².